The molecular formula is C14H16N2O2. The van der Waals surface area contributed by atoms with E-state index in [-0.39, 0.29) is 6.42 Å². The second kappa shape index (κ2) is 4.64. The van der Waals surface area contributed by atoms with Crippen molar-refractivity contribution in [3.63, 3.8) is 0 Å². The van der Waals surface area contributed by atoms with Crippen molar-refractivity contribution in [3.8, 4) is 5.69 Å². The zero-order valence-electron chi connectivity index (χ0n) is 10.8. The van der Waals surface area contributed by atoms with Gasteiger partial charge in [-0.15, -0.1) is 0 Å². The van der Waals surface area contributed by atoms with Gasteiger partial charge in [0.25, 0.3) is 0 Å². The van der Waals surface area contributed by atoms with Gasteiger partial charge >= 0.3 is 5.97 Å². The highest BCUT2D eigenvalue weighted by Crippen LogP contribution is 2.18. The summed E-state index contributed by atoms with van der Waals surface area (Å²) in [6.07, 6.45) is 0.0174. The normalized spacial score (nSPS) is 10.6. The van der Waals surface area contributed by atoms with Crippen molar-refractivity contribution in [1.29, 1.82) is 0 Å². The smallest absolute Gasteiger partial charge is 0.307 e. The number of aromatic nitrogens is 2. The lowest BCUT2D eigenvalue weighted by molar-refractivity contribution is -0.136. The molecule has 2 rings (SSSR count). The fraction of sp³-hybridized carbons (Fsp3) is 0.286. The molecule has 0 fully saturated rings. The molecule has 0 atom stereocenters. The maximum Gasteiger partial charge on any atom is 0.307 e. The average molecular weight is 244 g/mol. The van der Waals surface area contributed by atoms with Crippen molar-refractivity contribution in [2.45, 2.75) is 27.2 Å². The topological polar surface area (TPSA) is 55.1 Å². The molecule has 94 valence electrons. The van der Waals surface area contributed by atoms with Gasteiger partial charge in [-0.3, -0.25) is 4.79 Å². The highest BCUT2D eigenvalue weighted by molar-refractivity contribution is 5.71. The Hall–Kier alpha value is -2.10. The Morgan fingerprint density at radius 2 is 1.83 bits per heavy atom. The molecule has 0 aliphatic carbocycles. The monoisotopic (exact) mass is 244 g/mol. The first-order valence-corrected chi connectivity index (χ1v) is 5.83. The third-order valence-electron chi connectivity index (χ3n) is 3.05. The lowest BCUT2D eigenvalue weighted by Gasteiger charge is -2.05. The van der Waals surface area contributed by atoms with Gasteiger partial charge in [0.1, 0.15) is 0 Å². The highest BCUT2D eigenvalue weighted by atomic mass is 16.4. The van der Waals surface area contributed by atoms with Gasteiger partial charge in [-0.1, -0.05) is 17.7 Å². The van der Waals surface area contributed by atoms with Crippen molar-refractivity contribution >= 4 is 5.97 Å². The fourth-order valence-corrected chi connectivity index (χ4v) is 2.02. The lowest BCUT2D eigenvalue weighted by Crippen LogP contribution is -2.03. The summed E-state index contributed by atoms with van der Waals surface area (Å²) in [5, 5.41) is 13.3. The predicted octanol–water partition coefficient (Wildman–Crippen LogP) is 2.42. The molecule has 0 bridgehead atoms. The molecule has 1 heterocycles. The van der Waals surface area contributed by atoms with Crippen LogP contribution in [0.4, 0.5) is 0 Å². The first-order chi connectivity index (χ1) is 8.49. The number of nitrogens with zero attached hydrogens (tertiary/aromatic N) is 2. The van der Waals surface area contributed by atoms with Crippen LogP contribution in [0.1, 0.15) is 22.5 Å². The molecule has 0 saturated heterocycles. The van der Waals surface area contributed by atoms with E-state index >= 15 is 0 Å². The molecule has 1 aromatic heterocycles. The summed E-state index contributed by atoms with van der Waals surface area (Å²) in [6, 6.07) is 8.00. The van der Waals surface area contributed by atoms with Crippen LogP contribution >= 0.6 is 0 Å². The van der Waals surface area contributed by atoms with E-state index in [1.165, 1.54) is 5.56 Å². The Labute approximate surface area is 106 Å². The Morgan fingerprint density at radius 1 is 1.22 bits per heavy atom. The summed E-state index contributed by atoms with van der Waals surface area (Å²) in [7, 11) is 0. The summed E-state index contributed by atoms with van der Waals surface area (Å²) in [4.78, 5) is 10.8. The van der Waals surface area contributed by atoms with Gasteiger partial charge in [0.05, 0.1) is 17.8 Å². The van der Waals surface area contributed by atoms with Gasteiger partial charge in [0.15, 0.2) is 0 Å². The molecule has 18 heavy (non-hydrogen) atoms. The number of carboxylic acids is 1. The Bertz CT molecular complexity index is 583. The minimum atomic E-state index is -0.829. The molecule has 1 aromatic carbocycles. The molecular weight excluding hydrogens is 228 g/mol. The Morgan fingerprint density at radius 3 is 2.39 bits per heavy atom. The van der Waals surface area contributed by atoms with E-state index in [1.807, 2.05) is 45.0 Å². The van der Waals surface area contributed by atoms with Crippen molar-refractivity contribution in [2.24, 2.45) is 0 Å². The number of carbonyl (C=O) groups is 1. The molecule has 0 aliphatic rings. The number of benzene rings is 1. The summed E-state index contributed by atoms with van der Waals surface area (Å²) in [5.74, 6) is -0.829. The number of hydrogen-bond donors (Lipinski definition) is 1. The van der Waals surface area contributed by atoms with Crippen molar-refractivity contribution in [2.75, 3.05) is 0 Å². The molecule has 0 unspecified atom stereocenters. The van der Waals surface area contributed by atoms with Crippen molar-refractivity contribution in [1.82, 2.24) is 9.78 Å². The number of hydrogen-bond acceptors (Lipinski definition) is 2. The van der Waals surface area contributed by atoms with Crippen LogP contribution < -0.4 is 0 Å². The Balaban J connectivity index is 2.46. The molecule has 0 spiro atoms. The third kappa shape index (κ3) is 2.27. The molecule has 0 aliphatic heterocycles. The van der Waals surface area contributed by atoms with Gasteiger partial charge in [-0.2, -0.15) is 5.10 Å². The van der Waals surface area contributed by atoms with Crippen molar-refractivity contribution < 1.29 is 9.90 Å². The van der Waals surface area contributed by atoms with Crippen LogP contribution in [0.15, 0.2) is 24.3 Å². The minimum absolute atomic E-state index is 0.0174. The van der Waals surface area contributed by atoms with Crippen LogP contribution in [-0.4, -0.2) is 20.9 Å². The zero-order valence-corrected chi connectivity index (χ0v) is 10.8. The summed E-state index contributed by atoms with van der Waals surface area (Å²) in [6.45, 7) is 5.77. The number of aliphatic carboxylic acids is 1. The van der Waals surface area contributed by atoms with E-state index in [0.29, 0.717) is 0 Å². The molecule has 4 heteroatoms. The van der Waals surface area contributed by atoms with Gasteiger partial charge < -0.3 is 5.11 Å². The van der Waals surface area contributed by atoms with E-state index in [1.54, 1.807) is 4.68 Å². The summed E-state index contributed by atoms with van der Waals surface area (Å²) < 4.78 is 1.80. The van der Waals surface area contributed by atoms with Gasteiger partial charge in [-0.05, 0) is 32.9 Å². The van der Waals surface area contributed by atoms with E-state index < -0.39 is 5.97 Å². The molecule has 0 radical (unpaired) electrons. The first-order valence-electron chi connectivity index (χ1n) is 5.83. The van der Waals surface area contributed by atoms with Gasteiger partial charge in [0.2, 0.25) is 0 Å². The van der Waals surface area contributed by atoms with Crippen LogP contribution in [0.3, 0.4) is 0 Å². The maximum absolute atomic E-state index is 10.8. The van der Waals surface area contributed by atoms with Crippen LogP contribution in [0, 0.1) is 20.8 Å². The van der Waals surface area contributed by atoms with Crippen LogP contribution in [-0.2, 0) is 11.2 Å². The SMILES string of the molecule is Cc1ccc(-n2nc(C)c(CC(=O)O)c2C)cc1. The van der Waals surface area contributed by atoms with Crippen molar-refractivity contribution in [3.05, 3.63) is 46.8 Å². The zero-order chi connectivity index (χ0) is 13.3. The number of aryl methyl sites for hydroxylation is 2. The van der Waals surface area contributed by atoms with E-state index in [2.05, 4.69) is 5.10 Å². The van der Waals surface area contributed by atoms with Crippen LogP contribution in [0.25, 0.3) is 5.69 Å². The van der Waals surface area contributed by atoms with Gasteiger partial charge in [-0.25, -0.2) is 4.68 Å². The maximum atomic E-state index is 10.8. The quantitative estimate of drug-likeness (QED) is 0.902. The fourth-order valence-electron chi connectivity index (χ4n) is 2.02. The second-order valence-electron chi connectivity index (χ2n) is 4.47. The third-order valence-corrected chi connectivity index (χ3v) is 3.05. The summed E-state index contributed by atoms with van der Waals surface area (Å²) >= 11 is 0. The number of rotatable bonds is 3. The number of carboxylic acid groups (broad SMARTS) is 1. The van der Waals surface area contributed by atoms with E-state index in [9.17, 15) is 4.79 Å². The second-order valence-corrected chi connectivity index (χ2v) is 4.47. The van der Waals surface area contributed by atoms with Crippen LogP contribution in [0.2, 0.25) is 0 Å². The van der Waals surface area contributed by atoms with E-state index in [4.69, 9.17) is 5.11 Å². The average Bonchev–Trinajstić information content (AvgIpc) is 2.58. The standard InChI is InChI=1S/C14H16N2O2/c1-9-4-6-12(7-5-9)16-11(3)13(8-14(17)18)10(2)15-16/h4-7H,8H2,1-3H3,(H,17,18). The molecule has 0 saturated carbocycles. The first kappa shape index (κ1) is 12.4. The summed E-state index contributed by atoms with van der Waals surface area (Å²) in [5.41, 5.74) is 4.60. The Kier molecular flexibility index (Phi) is 3.19. The van der Waals surface area contributed by atoms with E-state index in [0.717, 1.165) is 22.6 Å². The highest BCUT2D eigenvalue weighted by Gasteiger charge is 2.15. The predicted molar refractivity (Wildman–Crippen MR) is 69.1 cm³/mol. The minimum Gasteiger partial charge on any atom is -0.481 e. The lowest BCUT2D eigenvalue weighted by atomic mass is 10.1. The molecule has 1 N–H and O–H groups in total. The largest absolute Gasteiger partial charge is 0.481 e. The van der Waals surface area contributed by atoms with Gasteiger partial charge in [0, 0.05) is 11.3 Å². The molecule has 2 aromatic rings. The molecule has 4 nitrogen and oxygen atoms in total. The van der Waals surface area contributed by atoms with Crippen LogP contribution in [0.5, 0.6) is 0 Å². The molecule has 0 amide bonds.